The molecule has 0 radical (unpaired) electrons. The molecule has 0 aliphatic carbocycles. The smallest absolute Gasteiger partial charge is 0.125 e. The first kappa shape index (κ1) is 12.5. The molecule has 0 spiro atoms. The van der Waals surface area contributed by atoms with Gasteiger partial charge in [-0.1, -0.05) is 6.07 Å². The van der Waals surface area contributed by atoms with Crippen LogP contribution in [0, 0.1) is 12.7 Å². The van der Waals surface area contributed by atoms with Gasteiger partial charge in [-0.25, -0.2) is 4.39 Å². The molecule has 1 aromatic heterocycles. The van der Waals surface area contributed by atoms with E-state index >= 15 is 0 Å². The van der Waals surface area contributed by atoms with Gasteiger partial charge in [0.15, 0.2) is 0 Å². The molecule has 3 nitrogen and oxygen atoms in total. The highest BCUT2D eigenvalue weighted by Gasteiger charge is 2.18. The summed E-state index contributed by atoms with van der Waals surface area (Å²) >= 11 is 0. The number of benzene rings is 1. The number of halogens is 1. The second kappa shape index (κ2) is 5.14. The van der Waals surface area contributed by atoms with Gasteiger partial charge < -0.3 is 9.84 Å². The first-order valence-electron chi connectivity index (χ1n) is 5.56. The number of aromatic nitrogens is 1. The van der Waals surface area contributed by atoms with Crippen LogP contribution in [0.3, 0.4) is 0 Å². The van der Waals surface area contributed by atoms with Crippen LogP contribution in [-0.2, 0) is 0 Å². The molecule has 0 fully saturated rings. The van der Waals surface area contributed by atoms with Gasteiger partial charge in [0.1, 0.15) is 17.7 Å². The van der Waals surface area contributed by atoms with Crippen molar-refractivity contribution in [3.63, 3.8) is 0 Å². The lowest BCUT2D eigenvalue weighted by molar-refractivity contribution is 0.213. The molecule has 0 saturated heterocycles. The third-order valence-corrected chi connectivity index (χ3v) is 2.83. The van der Waals surface area contributed by atoms with E-state index in [0.717, 1.165) is 0 Å². The molecule has 2 rings (SSSR count). The van der Waals surface area contributed by atoms with Gasteiger partial charge in [-0.2, -0.15) is 0 Å². The molecule has 1 heterocycles. The average Bonchev–Trinajstić information content (AvgIpc) is 2.38. The van der Waals surface area contributed by atoms with E-state index < -0.39 is 11.9 Å². The Labute approximate surface area is 105 Å². The summed E-state index contributed by atoms with van der Waals surface area (Å²) in [6.07, 6.45) is 0.693. The number of aryl methyl sites for hydroxylation is 1. The second-order valence-electron chi connectivity index (χ2n) is 3.97. The van der Waals surface area contributed by atoms with Crippen LogP contribution < -0.4 is 4.74 Å². The van der Waals surface area contributed by atoms with Gasteiger partial charge in [-0.3, -0.25) is 4.98 Å². The molecule has 0 bridgehead atoms. The summed E-state index contributed by atoms with van der Waals surface area (Å²) in [7, 11) is 1.49. The van der Waals surface area contributed by atoms with Gasteiger partial charge in [0.2, 0.25) is 0 Å². The lowest BCUT2D eigenvalue weighted by atomic mass is 9.99. The summed E-state index contributed by atoms with van der Waals surface area (Å²) in [6, 6.07) is 7.56. The molecule has 0 saturated carbocycles. The van der Waals surface area contributed by atoms with Crippen molar-refractivity contribution in [2.45, 2.75) is 13.0 Å². The Kier molecular flexibility index (Phi) is 3.58. The summed E-state index contributed by atoms with van der Waals surface area (Å²) in [5, 5.41) is 10.3. The van der Waals surface area contributed by atoms with Crippen LogP contribution in [0.2, 0.25) is 0 Å². The normalized spacial score (nSPS) is 12.2. The van der Waals surface area contributed by atoms with Gasteiger partial charge in [0.05, 0.1) is 7.11 Å². The maximum absolute atomic E-state index is 13.3. The fourth-order valence-corrected chi connectivity index (χ4v) is 1.87. The van der Waals surface area contributed by atoms with Crippen molar-refractivity contribution >= 4 is 0 Å². The number of methoxy groups -OCH3 is 1. The van der Waals surface area contributed by atoms with E-state index in [-0.39, 0.29) is 0 Å². The number of aliphatic hydroxyl groups is 1. The quantitative estimate of drug-likeness (QED) is 0.906. The maximum atomic E-state index is 13.3. The minimum atomic E-state index is -0.954. The number of aliphatic hydroxyl groups excluding tert-OH is 1. The van der Waals surface area contributed by atoms with Crippen LogP contribution in [0.4, 0.5) is 4.39 Å². The number of hydrogen-bond acceptors (Lipinski definition) is 3. The molecule has 1 atom stereocenters. The molecule has 94 valence electrons. The molecule has 0 amide bonds. The van der Waals surface area contributed by atoms with E-state index in [4.69, 9.17) is 4.74 Å². The van der Waals surface area contributed by atoms with Crippen molar-refractivity contribution in [1.82, 2.24) is 4.98 Å². The van der Waals surface area contributed by atoms with E-state index in [9.17, 15) is 9.50 Å². The third kappa shape index (κ3) is 2.33. The van der Waals surface area contributed by atoms with E-state index in [1.54, 1.807) is 25.3 Å². The predicted octanol–water partition coefficient (Wildman–Crippen LogP) is 2.62. The number of rotatable bonds is 3. The molecule has 2 aromatic rings. The lowest BCUT2D eigenvalue weighted by Crippen LogP contribution is -2.05. The van der Waals surface area contributed by atoms with Gasteiger partial charge in [0, 0.05) is 23.0 Å². The summed E-state index contributed by atoms with van der Waals surface area (Å²) in [5.74, 6) is 0.0403. The van der Waals surface area contributed by atoms with E-state index in [0.29, 0.717) is 22.6 Å². The Morgan fingerprint density at radius 3 is 2.72 bits per heavy atom. The Bertz CT molecular complexity index is 557. The van der Waals surface area contributed by atoms with Crippen molar-refractivity contribution in [2.24, 2.45) is 0 Å². The van der Waals surface area contributed by atoms with Crippen LogP contribution in [0.1, 0.15) is 22.9 Å². The lowest BCUT2D eigenvalue weighted by Gasteiger charge is -2.16. The van der Waals surface area contributed by atoms with E-state index in [1.165, 1.54) is 25.3 Å². The zero-order valence-electron chi connectivity index (χ0n) is 10.2. The Balaban J connectivity index is 2.48. The van der Waals surface area contributed by atoms with E-state index in [1.807, 2.05) is 0 Å². The fourth-order valence-electron chi connectivity index (χ4n) is 1.87. The summed E-state index contributed by atoms with van der Waals surface area (Å²) in [5.41, 5.74) is 1.74. The number of hydrogen-bond donors (Lipinski definition) is 1. The molecule has 18 heavy (non-hydrogen) atoms. The Morgan fingerprint density at radius 2 is 2.06 bits per heavy atom. The van der Waals surface area contributed by atoms with Crippen LogP contribution in [0.15, 0.2) is 36.5 Å². The molecule has 0 aliphatic heterocycles. The summed E-state index contributed by atoms with van der Waals surface area (Å²) in [6.45, 7) is 1.80. The van der Waals surface area contributed by atoms with Crippen molar-refractivity contribution in [2.75, 3.05) is 7.11 Å². The van der Waals surface area contributed by atoms with Crippen LogP contribution in [-0.4, -0.2) is 17.2 Å². The maximum Gasteiger partial charge on any atom is 0.125 e. The van der Waals surface area contributed by atoms with Crippen LogP contribution in [0.5, 0.6) is 5.75 Å². The minimum Gasteiger partial charge on any atom is -0.496 e. The summed E-state index contributed by atoms with van der Waals surface area (Å²) < 4.78 is 18.4. The topological polar surface area (TPSA) is 42.4 Å². The number of ether oxygens (including phenoxy) is 1. The SMILES string of the molecule is COc1ccc(F)cc1C(O)c1cccnc1C. The van der Waals surface area contributed by atoms with Gasteiger partial charge in [0.25, 0.3) is 0 Å². The first-order chi connectivity index (χ1) is 8.63. The Hall–Kier alpha value is -1.94. The van der Waals surface area contributed by atoms with Gasteiger partial charge in [-0.15, -0.1) is 0 Å². The molecule has 1 N–H and O–H groups in total. The van der Waals surface area contributed by atoms with Crippen molar-refractivity contribution in [3.8, 4) is 5.75 Å². The minimum absolute atomic E-state index is 0.397. The van der Waals surface area contributed by atoms with Crippen molar-refractivity contribution in [1.29, 1.82) is 0 Å². The number of pyridine rings is 1. The number of nitrogens with zero attached hydrogens (tertiary/aromatic N) is 1. The van der Waals surface area contributed by atoms with Crippen LogP contribution >= 0.6 is 0 Å². The fraction of sp³-hybridized carbons (Fsp3) is 0.214. The van der Waals surface area contributed by atoms with Crippen molar-refractivity contribution < 1.29 is 14.2 Å². The van der Waals surface area contributed by atoms with E-state index in [2.05, 4.69) is 4.98 Å². The molecule has 4 heteroatoms. The van der Waals surface area contributed by atoms with Crippen molar-refractivity contribution in [3.05, 3.63) is 59.2 Å². The third-order valence-electron chi connectivity index (χ3n) is 2.83. The predicted molar refractivity (Wildman–Crippen MR) is 66.0 cm³/mol. The standard InChI is InChI=1S/C14H14FNO2/c1-9-11(4-3-7-16-9)14(17)12-8-10(15)5-6-13(12)18-2/h3-8,14,17H,1-2H3. The zero-order valence-corrected chi connectivity index (χ0v) is 10.2. The average molecular weight is 247 g/mol. The first-order valence-corrected chi connectivity index (χ1v) is 5.56. The molecule has 1 unspecified atom stereocenters. The molecular formula is C14H14FNO2. The van der Waals surface area contributed by atoms with Crippen LogP contribution in [0.25, 0.3) is 0 Å². The highest BCUT2D eigenvalue weighted by Crippen LogP contribution is 2.31. The highest BCUT2D eigenvalue weighted by molar-refractivity contribution is 5.41. The molecule has 0 aliphatic rings. The Morgan fingerprint density at radius 1 is 1.28 bits per heavy atom. The van der Waals surface area contributed by atoms with Gasteiger partial charge >= 0.3 is 0 Å². The monoisotopic (exact) mass is 247 g/mol. The van der Waals surface area contributed by atoms with Gasteiger partial charge in [-0.05, 0) is 31.2 Å². The molecular weight excluding hydrogens is 233 g/mol. The highest BCUT2D eigenvalue weighted by atomic mass is 19.1. The second-order valence-corrected chi connectivity index (χ2v) is 3.97. The molecule has 1 aromatic carbocycles. The zero-order chi connectivity index (χ0) is 13.1. The largest absolute Gasteiger partial charge is 0.496 e. The summed E-state index contributed by atoms with van der Waals surface area (Å²) in [4.78, 5) is 4.11.